The molecule has 0 aliphatic rings. The monoisotopic (exact) mass is 247 g/mol. The number of pyridine rings is 1. The van der Waals surface area contributed by atoms with E-state index >= 15 is 0 Å². The fourth-order valence-corrected chi connectivity index (χ4v) is 1.80. The second-order valence-electron chi connectivity index (χ2n) is 4.54. The van der Waals surface area contributed by atoms with Crippen LogP contribution in [-0.2, 0) is 0 Å². The molecule has 5 nitrogen and oxygen atoms in total. The number of aryl methyl sites for hydroxylation is 2. The SMILES string of the molecule is CC[C@@H](C)NC(=O)c1cc(C)nc2onc(C)c12. The maximum atomic E-state index is 12.2. The molecule has 0 saturated heterocycles. The first-order valence-corrected chi connectivity index (χ1v) is 6.07. The molecule has 0 spiro atoms. The molecule has 0 unspecified atom stereocenters. The average Bonchev–Trinajstić information content (AvgIpc) is 2.69. The van der Waals surface area contributed by atoms with Crippen molar-refractivity contribution in [3.63, 3.8) is 0 Å². The predicted molar refractivity (Wildman–Crippen MR) is 68.5 cm³/mol. The maximum Gasteiger partial charge on any atom is 0.258 e. The van der Waals surface area contributed by atoms with E-state index in [9.17, 15) is 4.79 Å². The minimum Gasteiger partial charge on any atom is -0.350 e. The lowest BCUT2D eigenvalue weighted by atomic mass is 10.1. The summed E-state index contributed by atoms with van der Waals surface area (Å²) in [5, 5.41) is 7.50. The number of fused-ring (bicyclic) bond motifs is 1. The number of nitrogens with zero attached hydrogens (tertiary/aromatic N) is 2. The average molecular weight is 247 g/mol. The number of nitrogens with one attached hydrogen (secondary N) is 1. The summed E-state index contributed by atoms with van der Waals surface area (Å²) in [6, 6.07) is 1.91. The van der Waals surface area contributed by atoms with E-state index in [1.165, 1.54) is 0 Å². The molecule has 2 rings (SSSR count). The van der Waals surface area contributed by atoms with Gasteiger partial charge in [0.15, 0.2) is 0 Å². The van der Waals surface area contributed by atoms with E-state index in [2.05, 4.69) is 15.5 Å². The highest BCUT2D eigenvalue weighted by Crippen LogP contribution is 2.21. The number of amides is 1. The summed E-state index contributed by atoms with van der Waals surface area (Å²) in [6.07, 6.45) is 0.890. The zero-order valence-electron chi connectivity index (χ0n) is 11.1. The Morgan fingerprint density at radius 1 is 1.50 bits per heavy atom. The lowest BCUT2D eigenvalue weighted by Crippen LogP contribution is -2.32. The third-order valence-electron chi connectivity index (χ3n) is 2.98. The van der Waals surface area contributed by atoms with Gasteiger partial charge in [-0.25, -0.2) is 4.98 Å². The molecule has 96 valence electrons. The fourth-order valence-electron chi connectivity index (χ4n) is 1.80. The van der Waals surface area contributed by atoms with Crippen LogP contribution in [0.1, 0.15) is 42.0 Å². The topological polar surface area (TPSA) is 68.0 Å². The van der Waals surface area contributed by atoms with Crippen molar-refractivity contribution < 1.29 is 9.32 Å². The van der Waals surface area contributed by atoms with Crippen LogP contribution in [0.15, 0.2) is 10.6 Å². The van der Waals surface area contributed by atoms with Gasteiger partial charge in [-0.3, -0.25) is 4.79 Å². The fraction of sp³-hybridized carbons (Fsp3) is 0.462. The highest BCUT2D eigenvalue weighted by atomic mass is 16.5. The van der Waals surface area contributed by atoms with Crippen LogP contribution in [0, 0.1) is 13.8 Å². The third kappa shape index (κ3) is 2.20. The molecule has 0 radical (unpaired) electrons. The summed E-state index contributed by atoms with van der Waals surface area (Å²) in [5.41, 5.74) is 2.43. The zero-order chi connectivity index (χ0) is 13.3. The highest BCUT2D eigenvalue weighted by Gasteiger charge is 2.18. The van der Waals surface area contributed by atoms with Crippen molar-refractivity contribution in [2.75, 3.05) is 0 Å². The molecular weight excluding hydrogens is 230 g/mol. The molecular formula is C13H17N3O2. The molecule has 0 aromatic carbocycles. The largest absolute Gasteiger partial charge is 0.350 e. The predicted octanol–water partition coefficient (Wildman–Crippen LogP) is 2.37. The van der Waals surface area contributed by atoms with Crippen molar-refractivity contribution in [1.29, 1.82) is 0 Å². The molecule has 1 N–H and O–H groups in total. The molecule has 2 aromatic rings. The Kier molecular flexibility index (Phi) is 3.32. The van der Waals surface area contributed by atoms with Gasteiger partial charge in [-0.05, 0) is 33.3 Å². The van der Waals surface area contributed by atoms with Gasteiger partial charge in [-0.15, -0.1) is 0 Å². The minimum atomic E-state index is -0.105. The second-order valence-corrected chi connectivity index (χ2v) is 4.54. The van der Waals surface area contributed by atoms with Crippen LogP contribution in [0.4, 0.5) is 0 Å². The van der Waals surface area contributed by atoms with E-state index in [-0.39, 0.29) is 11.9 Å². The molecule has 0 aliphatic heterocycles. The number of carbonyl (C=O) groups excluding carboxylic acids is 1. The van der Waals surface area contributed by atoms with Gasteiger partial charge in [0.05, 0.1) is 16.6 Å². The van der Waals surface area contributed by atoms with Crippen LogP contribution < -0.4 is 5.32 Å². The Labute approximate surface area is 106 Å². The summed E-state index contributed by atoms with van der Waals surface area (Å²) < 4.78 is 5.11. The molecule has 0 aliphatic carbocycles. The van der Waals surface area contributed by atoms with Crippen molar-refractivity contribution in [1.82, 2.24) is 15.5 Å². The van der Waals surface area contributed by atoms with E-state index in [1.807, 2.05) is 27.7 Å². The van der Waals surface area contributed by atoms with E-state index in [4.69, 9.17) is 4.52 Å². The zero-order valence-corrected chi connectivity index (χ0v) is 11.1. The first-order chi connectivity index (χ1) is 8.52. The van der Waals surface area contributed by atoms with Crippen molar-refractivity contribution in [2.24, 2.45) is 0 Å². The van der Waals surface area contributed by atoms with Crippen molar-refractivity contribution in [3.8, 4) is 0 Å². The van der Waals surface area contributed by atoms with E-state index < -0.39 is 0 Å². The van der Waals surface area contributed by atoms with Crippen LogP contribution in [0.2, 0.25) is 0 Å². The van der Waals surface area contributed by atoms with Crippen LogP contribution in [0.3, 0.4) is 0 Å². The Hall–Kier alpha value is -1.91. The molecule has 2 heterocycles. The summed E-state index contributed by atoms with van der Waals surface area (Å²) in [4.78, 5) is 16.5. The van der Waals surface area contributed by atoms with Crippen LogP contribution in [-0.4, -0.2) is 22.1 Å². The van der Waals surface area contributed by atoms with Gasteiger partial charge in [-0.2, -0.15) is 0 Å². The van der Waals surface area contributed by atoms with E-state index in [0.717, 1.165) is 12.1 Å². The molecule has 1 atom stereocenters. The van der Waals surface area contributed by atoms with Gasteiger partial charge in [-0.1, -0.05) is 12.1 Å². The smallest absolute Gasteiger partial charge is 0.258 e. The third-order valence-corrected chi connectivity index (χ3v) is 2.98. The standard InChI is InChI=1S/C13H17N3O2/c1-5-7(2)14-12(17)10-6-8(3)15-13-11(10)9(4)16-18-13/h6-7H,5H2,1-4H3,(H,14,17)/t7-/m1/s1. The number of hydrogen-bond donors (Lipinski definition) is 1. The van der Waals surface area contributed by atoms with E-state index in [1.54, 1.807) is 6.07 Å². The number of aromatic nitrogens is 2. The lowest BCUT2D eigenvalue weighted by molar-refractivity contribution is 0.0940. The minimum absolute atomic E-state index is 0.105. The molecule has 0 saturated carbocycles. The summed E-state index contributed by atoms with van der Waals surface area (Å²) in [5.74, 6) is -0.105. The first-order valence-electron chi connectivity index (χ1n) is 6.07. The second kappa shape index (κ2) is 4.76. The van der Waals surface area contributed by atoms with Gasteiger partial charge >= 0.3 is 0 Å². The number of carbonyl (C=O) groups is 1. The molecule has 0 bridgehead atoms. The Bertz CT molecular complexity index is 589. The van der Waals surface area contributed by atoms with Crippen LogP contribution in [0.5, 0.6) is 0 Å². The van der Waals surface area contributed by atoms with Gasteiger partial charge in [0.25, 0.3) is 11.6 Å². The summed E-state index contributed by atoms with van der Waals surface area (Å²) >= 11 is 0. The van der Waals surface area contributed by atoms with Gasteiger partial charge in [0.2, 0.25) is 0 Å². The number of hydrogen-bond acceptors (Lipinski definition) is 4. The van der Waals surface area contributed by atoms with Crippen molar-refractivity contribution in [3.05, 3.63) is 23.0 Å². The molecule has 0 fully saturated rings. The lowest BCUT2D eigenvalue weighted by Gasteiger charge is -2.12. The Balaban J connectivity index is 2.49. The van der Waals surface area contributed by atoms with Crippen molar-refractivity contribution in [2.45, 2.75) is 40.2 Å². The van der Waals surface area contributed by atoms with Gasteiger partial charge in [0, 0.05) is 11.7 Å². The van der Waals surface area contributed by atoms with E-state index in [0.29, 0.717) is 22.4 Å². The van der Waals surface area contributed by atoms with Crippen molar-refractivity contribution >= 4 is 17.0 Å². The summed E-state index contributed by atoms with van der Waals surface area (Å²) in [6.45, 7) is 7.65. The normalized spacial score (nSPS) is 12.7. The van der Waals surface area contributed by atoms with Gasteiger partial charge < -0.3 is 9.84 Å². The summed E-state index contributed by atoms with van der Waals surface area (Å²) in [7, 11) is 0. The Morgan fingerprint density at radius 2 is 2.22 bits per heavy atom. The number of rotatable bonds is 3. The Morgan fingerprint density at radius 3 is 2.89 bits per heavy atom. The molecule has 2 aromatic heterocycles. The highest BCUT2D eigenvalue weighted by molar-refractivity contribution is 6.06. The maximum absolute atomic E-state index is 12.2. The quantitative estimate of drug-likeness (QED) is 0.904. The van der Waals surface area contributed by atoms with Gasteiger partial charge in [0.1, 0.15) is 0 Å². The van der Waals surface area contributed by atoms with Crippen LogP contribution >= 0.6 is 0 Å². The molecule has 18 heavy (non-hydrogen) atoms. The molecule has 1 amide bonds. The van der Waals surface area contributed by atoms with Crippen LogP contribution in [0.25, 0.3) is 11.1 Å². The first kappa shape index (κ1) is 12.5. The molecule has 5 heteroatoms.